The van der Waals surface area contributed by atoms with Gasteiger partial charge in [-0.1, -0.05) is 29.8 Å². The van der Waals surface area contributed by atoms with Gasteiger partial charge in [0.25, 0.3) is 5.91 Å². The lowest BCUT2D eigenvalue weighted by Gasteiger charge is -2.14. The largest absolute Gasteiger partial charge is 0.449 e. The normalized spacial score (nSPS) is 11.9. The number of halogens is 1. The molecule has 3 rings (SSSR count). The second kappa shape index (κ2) is 8.35. The van der Waals surface area contributed by atoms with Crippen molar-refractivity contribution in [1.82, 2.24) is 15.3 Å². The van der Waals surface area contributed by atoms with E-state index in [2.05, 4.69) is 15.3 Å². The molecule has 0 unspecified atom stereocenters. The summed E-state index contributed by atoms with van der Waals surface area (Å²) in [5, 5.41) is 3.28. The third-order valence-corrected chi connectivity index (χ3v) is 4.74. The number of hydrogen-bond acceptors (Lipinski definition) is 5. The summed E-state index contributed by atoms with van der Waals surface area (Å²) in [6, 6.07) is 12.2. The van der Waals surface area contributed by atoms with E-state index in [1.165, 1.54) is 6.92 Å². The van der Waals surface area contributed by atoms with E-state index >= 15 is 0 Å². The fourth-order valence-electron chi connectivity index (χ4n) is 2.61. The van der Waals surface area contributed by atoms with E-state index in [0.717, 1.165) is 17.0 Å². The van der Waals surface area contributed by atoms with Gasteiger partial charge in [0.2, 0.25) is 0 Å². The molecule has 1 atom stereocenters. The molecule has 0 aliphatic rings. The number of amides is 1. The maximum Gasteiger partial charge on any atom is 0.338 e. The standard InChI is InChI=1S/C21H20ClN3O3/c1-12-13(2)25-19-10-15(8-9-18(19)24-12)21(27)28-14(3)20(26)23-11-16-6-4-5-7-17(16)22/h4-10,14H,11H2,1-3H3,(H,23,26)/t14-/m1/s1. The first-order valence-corrected chi connectivity index (χ1v) is 9.20. The fraction of sp³-hybridized carbons (Fsp3) is 0.238. The van der Waals surface area contributed by atoms with Gasteiger partial charge in [0.05, 0.1) is 28.0 Å². The Balaban J connectivity index is 1.64. The van der Waals surface area contributed by atoms with Crippen LogP contribution in [0.1, 0.15) is 34.2 Å². The summed E-state index contributed by atoms with van der Waals surface area (Å²) in [4.78, 5) is 33.5. The highest BCUT2D eigenvalue weighted by Gasteiger charge is 2.19. The zero-order valence-electron chi connectivity index (χ0n) is 15.8. The molecule has 0 radical (unpaired) electrons. The minimum Gasteiger partial charge on any atom is -0.449 e. The third-order valence-electron chi connectivity index (χ3n) is 4.37. The lowest BCUT2D eigenvalue weighted by atomic mass is 10.2. The Morgan fingerprint density at radius 1 is 1.07 bits per heavy atom. The maximum atomic E-state index is 12.4. The lowest BCUT2D eigenvalue weighted by Crippen LogP contribution is -2.35. The topological polar surface area (TPSA) is 81.2 Å². The molecular formula is C21H20ClN3O3. The van der Waals surface area contributed by atoms with Gasteiger partial charge in [-0.15, -0.1) is 0 Å². The van der Waals surface area contributed by atoms with Gasteiger partial charge < -0.3 is 10.1 Å². The number of benzene rings is 2. The van der Waals surface area contributed by atoms with E-state index < -0.39 is 18.0 Å². The molecule has 1 N–H and O–H groups in total. The molecule has 3 aromatic rings. The molecule has 6 nitrogen and oxygen atoms in total. The monoisotopic (exact) mass is 397 g/mol. The van der Waals surface area contributed by atoms with Gasteiger partial charge >= 0.3 is 5.97 Å². The Bertz CT molecular complexity index is 1050. The van der Waals surface area contributed by atoms with Crippen molar-refractivity contribution in [2.75, 3.05) is 0 Å². The van der Waals surface area contributed by atoms with Gasteiger partial charge in [0.15, 0.2) is 6.10 Å². The third kappa shape index (κ3) is 4.46. The SMILES string of the molecule is Cc1nc2ccc(C(=O)O[C@H](C)C(=O)NCc3ccccc3Cl)cc2nc1C. The van der Waals surface area contributed by atoms with E-state index in [1.807, 2.05) is 32.0 Å². The van der Waals surface area contributed by atoms with Crippen molar-refractivity contribution in [3.05, 3.63) is 70.0 Å². The number of carbonyl (C=O) groups is 2. The van der Waals surface area contributed by atoms with Crippen LogP contribution >= 0.6 is 11.6 Å². The Morgan fingerprint density at radius 2 is 1.75 bits per heavy atom. The van der Waals surface area contributed by atoms with Crippen molar-refractivity contribution in [2.45, 2.75) is 33.4 Å². The van der Waals surface area contributed by atoms with Crippen molar-refractivity contribution >= 4 is 34.5 Å². The zero-order chi connectivity index (χ0) is 20.3. The molecule has 1 heterocycles. The first kappa shape index (κ1) is 19.8. The second-order valence-corrected chi connectivity index (χ2v) is 6.86. The van der Waals surface area contributed by atoms with Gasteiger partial charge in [-0.2, -0.15) is 0 Å². The zero-order valence-corrected chi connectivity index (χ0v) is 16.6. The minimum atomic E-state index is -0.948. The summed E-state index contributed by atoms with van der Waals surface area (Å²) in [5.41, 5.74) is 4.04. The smallest absolute Gasteiger partial charge is 0.338 e. The number of esters is 1. The van der Waals surface area contributed by atoms with Crippen LogP contribution < -0.4 is 5.32 Å². The molecule has 0 aliphatic heterocycles. The molecule has 0 saturated heterocycles. The molecule has 7 heteroatoms. The van der Waals surface area contributed by atoms with Crippen molar-refractivity contribution in [3.8, 4) is 0 Å². The van der Waals surface area contributed by atoms with Crippen LogP contribution in [0.15, 0.2) is 42.5 Å². The van der Waals surface area contributed by atoms with Crippen LogP contribution in [0.3, 0.4) is 0 Å². The van der Waals surface area contributed by atoms with Crippen LogP contribution in [0.4, 0.5) is 0 Å². The Morgan fingerprint density at radius 3 is 2.46 bits per heavy atom. The molecule has 144 valence electrons. The predicted molar refractivity (Wildman–Crippen MR) is 107 cm³/mol. The average molecular weight is 398 g/mol. The van der Waals surface area contributed by atoms with Crippen molar-refractivity contribution < 1.29 is 14.3 Å². The lowest BCUT2D eigenvalue weighted by molar-refractivity contribution is -0.129. The van der Waals surface area contributed by atoms with E-state index in [0.29, 0.717) is 21.6 Å². The van der Waals surface area contributed by atoms with Crippen LogP contribution in [0, 0.1) is 13.8 Å². The number of ether oxygens (including phenoxy) is 1. The second-order valence-electron chi connectivity index (χ2n) is 6.45. The molecule has 2 aromatic carbocycles. The number of carbonyl (C=O) groups excluding carboxylic acids is 2. The van der Waals surface area contributed by atoms with Gasteiger partial charge in [0, 0.05) is 11.6 Å². The van der Waals surface area contributed by atoms with Crippen LogP contribution in [-0.2, 0) is 16.1 Å². The minimum absolute atomic E-state index is 0.255. The predicted octanol–water partition coefficient (Wildman–Crippen LogP) is 3.76. The highest BCUT2D eigenvalue weighted by Crippen LogP contribution is 2.16. The number of aryl methyl sites for hydroxylation is 2. The van der Waals surface area contributed by atoms with Crippen molar-refractivity contribution in [1.29, 1.82) is 0 Å². The van der Waals surface area contributed by atoms with Crippen LogP contribution in [-0.4, -0.2) is 27.9 Å². The molecule has 28 heavy (non-hydrogen) atoms. The molecule has 0 bridgehead atoms. The van der Waals surface area contributed by atoms with E-state index in [-0.39, 0.29) is 6.54 Å². The Kier molecular flexibility index (Phi) is 5.90. The maximum absolute atomic E-state index is 12.4. The van der Waals surface area contributed by atoms with Crippen molar-refractivity contribution in [2.24, 2.45) is 0 Å². The van der Waals surface area contributed by atoms with E-state index in [1.54, 1.807) is 24.3 Å². The highest BCUT2D eigenvalue weighted by atomic mass is 35.5. The molecule has 1 aromatic heterocycles. The Hall–Kier alpha value is -2.99. The number of rotatable bonds is 5. The molecular weight excluding hydrogens is 378 g/mol. The van der Waals surface area contributed by atoms with Gasteiger partial charge in [0.1, 0.15) is 0 Å². The quantitative estimate of drug-likeness (QED) is 0.663. The first-order valence-electron chi connectivity index (χ1n) is 8.82. The summed E-state index contributed by atoms with van der Waals surface area (Å²) in [6.07, 6.45) is -0.948. The molecule has 1 amide bonds. The highest BCUT2D eigenvalue weighted by molar-refractivity contribution is 6.31. The van der Waals surface area contributed by atoms with E-state index in [9.17, 15) is 9.59 Å². The average Bonchev–Trinajstić information content (AvgIpc) is 2.67. The Labute approximate surface area is 167 Å². The van der Waals surface area contributed by atoms with Crippen molar-refractivity contribution in [3.63, 3.8) is 0 Å². The molecule has 0 spiro atoms. The van der Waals surface area contributed by atoms with Crippen LogP contribution in [0.5, 0.6) is 0 Å². The number of aromatic nitrogens is 2. The van der Waals surface area contributed by atoms with Gasteiger partial charge in [-0.25, -0.2) is 14.8 Å². The molecule has 0 aliphatic carbocycles. The summed E-state index contributed by atoms with van der Waals surface area (Å²) in [6.45, 7) is 5.52. The molecule has 0 saturated carbocycles. The summed E-state index contributed by atoms with van der Waals surface area (Å²) in [5.74, 6) is -0.998. The summed E-state index contributed by atoms with van der Waals surface area (Å²) in [7, 11) is 0. The fourth-order valence-corrected chi connectivity index (χ4v) is 2.81. The van der Waals surface area contributed by atoms with Crippen LogP contribution in [0.2, 0.25) is 5.02 Å². The van der Waals surface area contributed by atoms with Gasteiger partial charge in [-0.05, 0) is 50.6 Å². The molecule has 0 fully saturated rings. The number of nitrogens with one attached hydrogen (secondary N) is 1. The van der Waals surface area contributed by atoms with Crippen LogP contribution in [0.25, 0.3) is 11.0 Å². The summed E-state index contributed by atoms with van der Waals surface area (Å²) >= 11 is 6.07. The number of fused-ring (bicyclic) bond motifs is 1. The first-order chi connectivity index (χ1) is 13.3. The van der Waals surface area contributed by atoms with E-state index in [4.69, 9.17) is 16.3 Å². The number of hydrogen-bond donors (Lipinski definition) is 1. The van der Waals surface area contributed by atoms with Gasteiger partial charge in [-0.3, -0.25) is 4.79 Å². The summed E-state index contributed by atoms with van der Waals surface area (Å²) < 4.78 is 5.29. The number of nitrogens with zero attached hydrogens (tertiary/aromatic N) is 2.